The first kappa shape index (κ1) is 19.3. The van der Waals surface area contributed by atoms with E-state index in [4.69, 9.17) is 11.6 Å². The molecule has 4 heteroatoms. The van der Waals surface area contributed by atoms with Crippen LogP contribution in [-0.2, 0) is 10.3 Å². The fraction of sp³-hybridized carbons (Fsp3) is 0.458. The normalized spacial score (nSPS) is 21.0. The van der Waals surface area contributed by atoms with E-state index >= 15 is 0 Å². The number of likely N-dealkylation sites (tertiary alicyclic amines) is 1. The Balaban J connectivity index is 0.000000429. The molecule has 1 spiro atoms. The van der Waals surface area contributed by atoms with Crippen LogP contribution in [0.5, 0.6) is 0 Å². The molecule has 3 aliphatic rings. The van der Waals surface area contributed by atoms with Crippen molar-refractivity contribution < 1.29 is 4.79 Å². The number of halogens is 1. The number of hydrogen-bond acceptors (Lipinski definition) is 2. The second kappa shape index (κ2) is 7.44. The van der Waals surface area contributed by atoms with Crippen molar-refractivity contribution >= 4 is 23.7 Å². The zero-order chi connectivity index (χ0) is 19.8. The molecule has 1 amide bonds. The highest BCUT2D eigenvalue weighted by atomic mass is 35.5. The highest BCUT2D eigenvalue weighted by molar-refractivity contribution is 6.31. The molecule has 1 heterocycles. The quantitative estimate of drug-likeness (QED) is 0.680. The van der Waals surface area contributed by atoms with Gasteiger partial charge < -0.3 is 10.2 Å². The number of anilines is 1. The lowest BCUT2D eigenvalue weighted by atomic mass is 9.51. The Labute approximate surface area is 173 Å². The Morgan fingerprint density at radius 1 is 1.07 bits per heavy atom. The summed E-state index contributed by atoms with van der Waals surface area (Å²) in [5.74, 6) is 1.08. The van der Waals surface area contributed by atoms with Crippen molar-refractivity contribution in [3.63, 3.8) is 0 Å². The summed E-state index contributed by atoms with van der Waals surface area (Å²) in [6, 6.07) is 16.5. The second-order valence-electron chi connectivity index (χ2n) is 9.03. The number of carbonyl (C=O) groups excluding carboxylic acids is 1. The van der Waals surface area contributed by atoms with E-state index in [-0.39, 0.29) is 11.0 Å². The van der Waals surface area contributed by atoms with Gasteiger partial charge >= 0.3 is 0 Å². The van der Waals surface area contributed by atoms with Gasteiger partial charge in [-0.2, -0.15) is 0 Å². The second-order valence-corrected chi connectivity index (χ2v) is 9.44. The lowest BCUT2D eigenvalue weighted by Gasteiger charge is -2.64. The Bertz CT molecular complexity index is 833. The molecule has 3 fully saturated rings. The topological polar surface area (TPSA) is 32.3 Å². The predicted molar refractivity (Wildman–Crippen MR) is 116 cm³/mol. The Hall–Kier alpha value is -2.00. The van der Waals surface area contributed by atoms with Crippen molar-refractivity contribution in [3.05, 3.63) is 64.7 Å². The third-order valence-electron chi connectivity index (χ3n) is 6.39. The predicted octanol–water partition coefficient (Wildman–Crippen LogP) is 5.62. The number of rotatable bonds is 4. The molecule has 2 aliphatic carbocycles. The molecule has 2 saturated carbocycles. The minimum atomic E-state index is -0.106. The zero-order valence-electron chi connectivity index (χ0n) is 16.7. The first-order valence-corrected chi connectivity index (χ1v) is 10.6. The van der Waals surface area contributed by atoms with Gasteiger partial charge in [0.15, 0.2) is 0 Å². The summed E-state index contributed by atoms with van der Waals surface area (Å²) in [7, 11) is 0. The fourth-order valence-electron chi connectivity index (χ4n) is 4.78. The monoisotopic (exact) mass is 396 g/mol. The first-order chi connectivity index (χ1) is 13.5. The van der Waals surface area contributed by atoms with Crippen LogP contribution in [0.3, 0.4) is 0 Å². The van der Waals surface area contributed by atoms with E-state index in [1.165, 1.54) is 18.4 Å². The molecule has 2 aromatic carbocycles. The Kier molecular flexibility index (Phi) is 5.13. The van der Waals surface area contributed by atoms with E-state index in [2.05, 4.69) is 37.4 Å². The van der Waals surface area contributed by atoms with Crippen LogP contribution in [0.25, 0.3) is 0 Å². The molecule has 1 saturated heterocycles. The van der Waals surface area contributed by atoms with E-state index in [1.807, 2.05) is 35.2 Å². The van der Waals surface area contributed by atoms with Crippen molar-refractivity contribution in [2.75, 3.05) is 18.4 Å². The lowest BCUT2D eigenvalue weighted by Crippen LogP contribution is -2.68. The minimum Gasteiger partial charge on any atom is -0.375 e. The van der Waals surface area contributed by atoms with Gasteiger partial charge in [-0.05, 0) is 55.0 Å². The molecule has 2 aromatic rings. The number of nitrogens with zero attached hydrogens (tertiary/aromatic N) is 1. The smallest absolute Gasteiger partial charge is 0.209 e. The van der Waals surface area contributed by atoms with Crippen molar-refractivity contribution in [2.24, 2.45) is 11.3 Å². The van der Waals surface area contributed by atoms with Crippen molar-refractivity contribution in [3.8, 4) is 0 Å². The molecule has 0 radical (unpaired) electrons. The SMILES string of the molecule is CC1CC1.Cc1c(Cl)cccc1C1(Nc2ccccc2)CC2(CN(C=O)C2)C1. The number of para-hydroxylation sites is 1. The summed E-state index contributed by atoms with van der Waals surface area (Å²) < 4.78 is 0. The Morgan fingerprint density at radius 2 is 1.71 bits per heavy atom. The molecule has 0 unspecified atom stereocenters. The van der Waals surface area contributed by atoms with Crippen LogP contribution in [0.1, 0.15) is 43.7 Å². The molecule has 0 bridgehead atoms. The summed E-state index contributed by atoms with van der Waals surface area (Å²) in [4.78, 5) is 12.8. The number of nitrogens with one attached hydrogen (secondary N) is 1. The molecule has 5 rings (SSSR count). The zero-order valence-corrected chi connectivity index (χ0v) is 17.5. The summed E-state index contributed by atoms with van der Waals surface area (Å²) in [5.41, 5.74) is 3.69. The van der Waals surface area contributed by atoms with Crippen LogP contribution < -0.4 is 5.32 Å². The van der Waals surface area contributed by atoms with Crippen molar-refractivity contribution in [1.29, 1.82) is 0 Å². The molecule has 28 heavy (non-hydrogen) atoms. The number of hydrogen-bond donors (Lipinski definition) is 1. The lowest BCUT2D eigenvalue weighted by molar-refractivity contribution is -0.143. The van der Waals surface area contributed by atoms with Crippen LogP contribution in [-0.4, -0.2) is 24.4 Å². The van der Waals surface area contributed by atoms with E-state index in [0.29, 0.717) is 0 Å². The van der Waals surface area contributed by atoms with E-state index in [9.17, 15) is 4.79 Å². The molecule has 1 aliphatic heterocycles. The van der Waals surface area contributed by atoms with Crippen molar-refractivity contribution in [2.45, 2.75) is 45.1 Å². The highest BCUT2D eigenvalue weighted by Crippen LogP contribution is 2.60. The standard InChI is InChI=1S/C20H21ClN2O.C4H8/c1-15-17(8-5-9-18(15)21)20(22-16-6-3-2-4-7-16)10-19(11-20)12-23(13-19)14-24;1-4-2-3-4/h2-9,14,22H,10-13H2,1H3;4H,2-3H2,1H3. The average Bonchev–Trinajstić information content (AvgIpc) is 3.42. The van der Waals surface area contributed by atoms with E-state index in [1.54, 1.807) is 0 Å². The van der Waals surface area contributed by atoms with Gasteiger partial charge in [-0.25, -0.2) is 0 Å². The molecule has 3 nitrogen and oxygen atoms in total. The summed E-state index contributed by atoms with van der Waals surface area (Å²) in [5, 5.41) is 4.58. The summed E-state index contributed by atoms with van der Waals surface area (Å²) in [6.07, 6.45) is 5.99. The van der Waals surface area contributed by atoms with Gasteiger partial charge in [-0.3, -0.25) is 4.79 Å². The van der Waals surface area contributed by atoms with Gasteiger partial charge in [0.1, 0.15) is 0 Å². The van der Waals surface area contributed by atoms with Gasteiger partial charge in [0, 0.05) is 29.2 Å². The average molecular weight is 397 g/mol. The highest BCUT2D eigenvalue weighted by Gasteiger charge is 2.60. The van der Waals surface area contributed by atoms with Crippen LogP contribution >= 0.6 is 11.6 Å². The third kappa shape index (κ3) is 3.77. The molecular formula is C24H29ClN2O. The van der Waals surface area contributed by atoms with Gasteiger partial charge in [-0.15, -0.1) is 0 Å². The van der Waals surface area contributed by atoms with E-state index < -0.39 is 0 Å². The van der Waals surface area contributed by atoms with Gasteiger partial charge in [0.2, 0.25) is 6.41 Å². The largest absolute Gasteiger partial charge is 0.375 e. The number of carbonyl (C=O) groups is 1. The van der Waals surface area contributed by atoms with Crippen LogP contribution in [0, 0.1) is 18.3 Å². The molecule has 0 atom stereocenters. The molecular weight excluding hydrogens is 368 g/mol. The summed E-state index contributed by atoms with van der Waals surface area (Å²) >= 11 is 6.39. The summed E-state index contributed by atoms with van der Waals surface area (Å²) in [6.45, 7) is 6.11. The fourth-order valence-corrected chi connectivity index (χ4v) is 4.95. The van der Waals surface area contributed by atoms with Gasteiger partial charge in [-0.1, -0.05) is 61.7 Å². The maximum atomic E-state index is 10.9. The molecule has 1 N–H and O–H groups in total. The van der Waals surface area contributed by atoms with Gasteiger partial charge in [0.25, 0.3) is 0 Å². The van der Waals surface area contributed by atoms with Crippen molar-refractivity contribution in [1.82, 2.24) is 4.90 Å². The van der Waals surface area contributed by atoms with Gasteiger partial charge in [0.05, 0.1) is 5.54 Å². The maximum absolute atomic E-state index is 10.9. The Morgan fingerprint density at radius 3 is 2.29 bits per heavy atom. The minimum absolute atomic E-state index is 0.106. The number of benzene rings is 2. The maximum Gasteiger partial charge on any atom is 0.209 e. The van der Waals surface area contributed by atoms with Crippen LogP contribution in [0.4, 0.5) is 5.69 Å². The number of amides is 1. The third-order valence-corrected chi connectivity index (χ3v) is 6.80. The molecule has 148 valence electrons. The van der Waals surface area contributed by atoms with Crippen LogP contribution in [0.15, 0.2) is 48.5 Å². The first-order valence-electron chi connectivity index (χ1n) is 10.2. The molecule has 0 aromatic heterocycles. The van der Waals surface area contributed by atoms with E-state index in [0.717, 1.165) is 54.5 Å². The van der Waals surface area contributed by atoms with Crippen LogP contribution in [0.2, 0.25) is 5.02 Å².